The van der Waals surface area contributed by atoms with Crippen LogP contribution in [0.3, 0.4) is 0 Å². The number of nitrogens with one attached hydrogen (secondary N) is 1. The number of ether oxygens (including phenoxy) is 1. The van der Waals surface area contributed by atoms with E-state index in [1.165, 1.54) is 12.1 Å². The standard InChI is InChI=1S/C10H12N4O3/c1-2-12-5-6-17-10-4-3-9(14(15)16)8(7-11)13-10/h3-4,12H,2,5-6H2,1H3. The molecule has 0 atom stereocenters. The molecule has 0 fully saturated rings. The Labute approximate surface area is 98.2 Å². The van der Waals surface area contributed by atoms with E-state index in [1.54, 1.807) is 6.07 Å². The number of aromatic nitrogens is 1. The van der Waals surface area contributed by atoms with E-state index < -0.39 is 4.92 Å². The quantitative estimate of drug-likeness (QED) is 0.446. The van der Waals surface area contributed by atoms with Gasteiger partial charge in [0.15, 0.2) is 0 Å². The van der Waals surface area contributed by atoms with Crippen molar-refractivity contribution in [1.29, 1.82) is 5.26 Å². The minimum atomic E-state index is -0.645. The molecule has 17 heavy (non-hydrogen) atoms. The second-order valence-electron chi connectivity index (χ2n) is 3.09. The van der Waals surface area contributed by atoms with Gasteiger partial charge in [0.1, 0.15) is 12.7 Å². The van der Waals surface area contributed by atoms with Crippen LogP contribution in [0.1, 0.15) is 12.6 Å². The highest BCUT2D eigenvalue weighted by atomic mass is 16.6. The lowest BCUT2D eigenvalue weighted by Crippen LogP contribution is -2.20. The molecule has 0 aliphatic rings. The number of likely N-dealkylation sites (N-methyl/N-ethyl adjacent to an activating group) is 1. The number of nitro groups is 1. The summed E-state index contributed by atoms with van der Waals surface area (Å²) in [5.41, 5.74) is -0.553. The first-order chi connectivity index (χ1) is 8.19. The van der Waals surface area contributed by atoms with E-state index in [4.69, 9.17) is 10.00 Å². The predicted octanol–water partition coefficient (Wildman–Crippen LogP) is 0.850. The van der Waals surface area contributed by atoms with Crippen LogP contribution in [0.15, 0.2) is 12.1 Å². The smallest absolute Gasteiger partial charge is 0.305 e. The molecule has 1 aromatic heterocycles. The third kappa shape index (κ3) is 3.70. The largest absolute Gasteiger partial charge is 0.476 e. The van der Waals surface area contributed by atoms with Gasteiger partial charge >= 0.3 is 5.69 Å². The van der Waals surface area contributed by atoms with Crippen LogP contribution in [0.2, 0.25) is 0 Å². The molecule has 0 saturated heterocycles. The maximum absolute atomic E-state index is 10.6. The first-order valence-electron chi connectivity index (χ1n) is 5.08. The number of rotatable bonds is 6. The third-order valence-corrected chi connectivity index (χ3v) is 1.93. The molecule has 7 nitrogen and oxygen atoms in total. The molecule has 0 aliphatic heterocycles. The van der Waals surface area contributed by atoms with E-state index in [-0.39, 0.29) is 17.3 Å². The van der Waals surface area contributed by atoms with Crippen molar-refractivity contribution in [2.24, 2.45) is 0 Å². The molecule has 0 aliphatic carbocycles. The Morgan fingerprint density at radius 2 is 2.41 bits per heavy atom. The van der Waals surface area contributed by atoms with Crippen LogP contribution in [0, 0.1) is 21.4 Å². The Bertz CT molecular complexity index is 442. The number of nitrogens with zero attached hydrogens (tertiary/aromatic N) is 3. The molecule has 90 valence electrons. The third-order valence-electron chi connectivity index (χ3n) is 1.93. The summed E-state index contributed by atoms with van der Waals surface area (Å²) in [5, 5.41) is 22.3. The van der Waals surface area contributed by atoms with Gasteiger partial charge in [-0.1, -0.05) is 6.92 Å². The van der Waals surface area contributed by atoms with E-state index in [0.29, 0.717) is 13.2 Å². The lowest BCUT2D eigenvalue weighted by Gasteiger charge is -2.05. The molecular formula is C10H12N4O3. The van der Waals surface area contributed by atoms with Gasteiger partial charge < -0.3 is 10.1 Å². The summed E-state index contributed by atoms with van der Waals surface area (Å²) < 4.78 is 5.24. The average molecular weight is 236 g/mol. The summed E-state index contributed by atoms with van der Waals surface area (Å²) in [5.74, 6) is 0.213. The van der Waals surface area contributed by atoms with Crippen LogP contribution < -0.4 is 10.1 Å². The van der Waals surface area contributed by atoms with Gasteiger partial charge in [0.2, 0.25) is 11.6 Å². The van der Waals surface area contributed by atoms with Crippen LogP contribution in [0.25, 0.3) is 0 Å². The van der Waals surface area contributed by atoms with E-state index >= 15 is 0 Å². The zero-order valence-electron chi connectivity index (χ0n) is 9.34. The van der Waals surface area contributed by atoms with Crippen molar-refractivity contribution in [2.45, 2.75) is 6.92 Å². The van der Waals surface area contributed by atoms with Crippen LogP contribution >= 0.6 is 0 Å². The Hall–Kier alpha value is -2.20. The maximum Gasteiger partial charge on any atom is 0.305 e. The Kier molecular flexibility index (Phi) is 4.84. The molecule has 0 amide bonds. The van der Waals surface area contributed by atoms with Crippen molar-refractivity contribution >= 4 is 5.69 Å². The van der Waals surface area contributed by atoms with Gasteiger partial charge in [-0.05, 0) is 6.54 Å². The second kappa shape index (κ2) is 6.40. The molecule has 7 heteroatoms. The van der Waals surface area contributed by atoms with Crippen molar-refractivity contribution in [1.82, 2.24) is 10.3 Å². The van der Waals surface area contributed by atoms with Crippen LogP contribution in [-0.2, 0) is 0 Å². The predicted molar refractivity (Wildman–Crippen MR) is 59.6 cm³/mol. The van der Waals surface area contributed by atoms with Crippen LogP contribution in [-0.4, -0.2) is 29.6 Å². The molecule has 1 aromatic rings. The molecule has 1 N–H and O–H groups in total. The summed E-state index contributed by atoms with van der Waals surface area (Å²) in [4.78, 5) is 13.7. The topological polar surface area (TPSA) is 101 Å². The minimum Gasteiger partial charge on any atom is -0.476 e. The fourth-order valence-electron chi connectivity index (χ4n) is 1.15. The van der Waals surface area contributed by atoms with Crippen LogP contribution in [0.4, 0.5) is 5.69 Å². The normalized spacial score (nSPS) is 9.65. The Balaban J connectivity index is 2.70. The zero-order valence-corrected chi connectivity index (χ0v) is 9.34. The van der Waals surface area contributed by atoms with Gasteiger partial charge in [-0.3, -0.25) is 10.1 Å². The second-order valence-corrected chi connectivity index (χ2v) is 3.09. The SMILES string of the molecule is CCNCCOc1ccc([N+](=O)[O-])c(C#N)n1. The first-order valence-corrected chi connectivity index (χ1v) is 5.08. The van der Waals surface area contributed by atoms with Gasteiger partial charge in [-0.25, -0.2) is 0 Å². The molecule has 0 bridgehead atoms. The van der Waals surface area contributed by atoms with Crippen molar-refractivity contribution in [3.63, 3.8) is 0 Å². The fraction of sp³-hybridized carbons (Fsp3) is 0.400. The van der Waals surface area contributed by atoms with Gasteiger partial charge in [0.05, 0.1) is 4.92 Å². The highest BCUT2D eigenvalue weighted by molar-refractivity contribution is 5.45. The van der Waals surface area contributed by atoms with E-state index in [2.05, 4.69) is 10.3 Å². The number of pyridine rings is 1. The maximum atomic E-state index is 10.6. The number of nitriles is 1. The molecule has 0 saturated carbocycles. The van der Waals surface area contributed by atoms with Gasteiger partial charge in [-0.2, -0.15) is 10.2 Å². The summed E-state index contributed by atoms with van der Waals surface area (Å²) in [7, 11) is 0. The summed E-state index contributed by atoms with van der Waals surface area (Å²) in [6.45, 7) is 3.85. The summed E-state index contributed by atoms with van der Waals surface area (Å²) in [6.07, 6.45) is 0. The lowest BCUT2D eigenvalue weighted by molar-refractivity contribution is -0.385. The summed E-state index contributed by atoms with van der Waals surface area (Å²) in [6, 6.07) is 4.27. The highest BCUT2D eigenvalue weighted by Crippen LogP contribution is 2.19. The monoisotopic (exact) mass is 236 g/mol. The molecule has 1 rings (SSSR count). The molecular weight excluding hydrogens is 224 g/mol. The minimum absolute atomic E-state index is 0.213. The lowest BCUT2D eigenvalue weighted by atomic mass is 10.3. The van der Waals surface area contributed by atoms with Gasteiger partial charge in [-0.15, -0.1) is 0 Å². The van der Waals surface area contributed by atoms with E-state index in [0.717, 1.165) is 6.54 Å². The number of hydrogen-bond acceptors (Lipinski definition) is 6. The average Bonchev–Trinajstić information content (AvgIpc) is 2.34. The van der Waals surface area contributed by atoms with Crippen molar-refractivity contribution in [3.05, 3.63) is 27.9 Å². The van der Waals surface area contributed by atoms with E-state index in [9.17, 15) is 10.1 Å². The molecule has 0 aromatic carbocycles. The Morgan fingerprint density at radius 3 is 3.00 bits per heavy atom. The highest BCUT2D eigenvalue weighted by Gasteiger charge is 2.15. The fourth-order valence-corrected chi connectivity index (χ4v) is 1.15. The van der Waals surface area contributed by atoms with Crippen molar-refractivity contribution in [2.75, 3.05) is 19.7 Å². The molecule has 1 heterocycles. The molecule has 0 spiro atoms. The van der Waals surface area contributed by atoms with E-state index in [1.807, 2.05) is 6.92 Å². The van der Waals surface area contributed by atoms with Crippen molar-refractivity contribution < 1.29 is 9.66 Å². The van der Waals surface area contributed by atoms with Gasteiger partial charge in [0.25, 0.3) is 0 Å². The number of hydrogen-bond donors (Lipinski definition) is 1. The van der Waals surface area contributed by atoms with Crippen molar-refractivity contribution in [3.8, 4) is 11.9 Å². The summed E-state index contributed by atoms with van der Waals surface area (Å²) >= 11 is 0. The molecule has 0 radical (unpaired) electrons. The van der Waals surface area contributed by atoms with Crippen LogP contribution in [0.5, 0.6) is 5.88 Å². The Morgan fingerprint density at radius 1 is 1.65 bits per heavy atom. The zero-order chi connectivity index (χ0) is 12.7. The molecule has 0 unspecified atom stereocenters. The van der Waals surface area contributed by atoms with Gasteiger partial charge in [0, 0.05) is 18.7 Å². The first kappa shape index (κ1) is 12.9.